The van der Waals surface area contributed by atoms with Crippen LogP contribution >= 0.6 is 23.5 Å². The summed E-state index contributed by atoms with van der Waals surface area (Å²) in [5, 5.41) is 0.756. The summed E-state index contributed by atoms with van der Waals surface area (Å²) in [6, 6.07) is 8.78. The van der Waals surface area contributed by atoms with E-state index in [9.17, 15) is 0 Å². The first-order valence-electron chi connectivity index (χ1n) is 5.03. The molecule has 0 fully saturated rings. The smallest absolute Gasteiger partial charge is 0.0113 e. The molecule has 0 nitrogen and oxygen atoms in total. The second-order valence-electron chi connectivity index (χ2n) is 3.39. The Bertz CT molecular complexity index is 254. The summed E-state index contributed by atoms with van der Waals surface area (Å²) >= 11 is 3.99. The zero-order valence-electron chi connectivity index (χ0n) is 9.12. The van der Waals surface area contributed by atoms with Crippen LogP contribution in [0.5, 0.6) is 0 Å². The fourth-order valence-corrected chi connectivity index (χ4v) is 3.09. The van der Waals surface area contributed by atoms with Gasteiger partial charge in [-0.25, -0.2) is 0 Å². The Labute approximate surface area is 95.9 Å². The number of thioether (sulfide) groups is 2. The van der Waals surface area contributed by atoms with Crippen molar-refractivity contribution in [3.05, 3.63) is 29.8 Å². The molecule has 1 atom stereocenters. The van der Waals surface area contributed by atoms with Crippen LogP contribution < -0.4 is 0 Å². The third kappa shape index (κ3) is 4.43. The van der Waals surface area contributed by atoms with Crippen molar-refractivity contribution in [1.29, 1.82) is 0 Å². The standard InChI is InChI=1S/C12H18S2/c1-4-13-11(3)9-14-12-7-5-10(2)6-8-12/h5-8,11H,4,9H2,1-3H3. The van der Waals surface area contributed by atoms with E-state index in [1.54, 1.807) is 0 Å². The van der Waals surface area contributed by atoms with Gasteiger partial charge in [-0.1, -0.05) is 31.5 Å². The minimum absolute atomic E-state index is 0.756. The number of benzene rings is 1. The Morgan fingerprint density at radius 1 is 1.21 bits per heavy atom. The summed E-state index contributed by atoms with van der Waals surface area (Å²) in [5.74, 6) is 2.43. The Morgan fingerprint density at radius 3 is 2.43 bits per heavy atom. The summed E-state index contributed by atoms with van der Waals surface area (Å²) in [4.78, 5) is 1.39. The molecule has 14 heavy (non-hydrogen) atoms. The van der Waals surface area contributed by atoms with Gasteiger partial charge < -0.3 is 0 Å². The minimum atomic E-state index is 0.756. The summed E-state index contributed by atoms with van der Waals surface area (Å²) in [6.45, 7) is 6.65. The van der Waals surface area contributed by atoms with Crippen molar-refractivity contribution >= 4 is 23.5 Å². The van der Waals surface area contributed by atoms with Gasteiger partial charge in [0, 0.05) is 15.9 Å². The highest BCUT2D eigenvalue weighted by atomic mass is 32.2. The summed E-state index contributed by atoms with van der Waals surface area (Å²) in [7, 11) is 0. The van der Waals surface area contributed by atoms with Gasteiger partial charge in [-0.2, -0.15) is 11.8 Å². The topological polar surface area (TPSA) is 0 Å². The first kappa shape index (κ1) is 12.0. The predicted molar refractivity (Wildman–Crippen MR) is 69.5 cm³/mol. The van der Waals surface area contributed by atoms with E-state index in [1.807, 2.05) is 23.5 Å². The lowest BCUT2D eigenvalue weighted by atomic mass is 10.2. The molecule has 0 saturated heterocycles. The van der Waals surface area contributed by atoms with Gasteiger partial charge in [0.2, 0.25) is 0 Å². The molecule has 0 saturated carbocycles. The maximum Gasteiger partial charge on any atom is 0.0113 e. The molecule has 2 heteroatoms. The summed E-state index contributed by atoms with van der Waals surface area (Å²) in [6.07, 6.45) is 0. The minimum Gasteiger partial charge on any atom is -0.158 e. The Hall–Kier alpha value is -0.0800. The van der Waals surface area contributed by atoms with E-state index in [2.05, 4.69) is 45.0 Å². The van der Waals surface area contributed by atoms with Crippen LogP contribution in [0.1, 0.15) is 19.4 Å². The molecule has 0 aliphatic heterocycles. The second kappa shape index (κ2) is 6.41. The number of hydrogen-bond acceptors (Lipinski definition) is 2. The molecule has 1 rings (SSSR count). The molecule has 0 bridgehead atoms. The number of hydrogen-bond donors (Lipinski definition) is 0. The number of rotatable bonds is 5. The third-order valence-electron chi connectivity index (χ3n) is 1.96. The zero-order valence-corrected chi connectivity index (χ0v) is 10.8. The Morgan fingerprint density at radius 2 is 1.86 bits per heavy atom. The lowest BCUT2D eigenvalue weighted by Crippen LogP contribution is -1.99. The highest BCUT2D eigenvalue weighted by Gasteiger charge is 2.01. The van der Waals surface area contributed by atoms with Crippen LogP contribution in [0.3, 0.4) is 0 Å². The highest BCUT2D eigenvalue weighted by Crippen LogP contribution is 2.23. The Balaban J connectivity index is 2.34. The third-order valence-corrected chi connectivity index (χ3v) is 4.51. The molecule has 0 spiro atoms. The van der Waals surface area contributed by atoms with E-state index in [4.69, 9.17) is 0 Å². The van der Waals surface area contributed by atoms with Crippen LogP contribution in [-0.2, 0) is 0 Å². The molecule has 1 aromatic carbocycles. The fourth-order valence-electron chi connectivity index (χ4n) is 1.18. The van der Waals surface area contributed by atoms with Gasteiger partial charge in [0.15, 0.2) is 0 Å². The van der Waals surface area contributed by atoms with Crippen molar-refractivity contribution in [2.75, 3.05) is 11.5 Å². The van der Waals surface area contributed by atoms with Crippen LogP contribution in [0.25, 0.3) is 0 Å². The molecule has 0 amide bonds. The van der Waals surface area contributed by atoms with Crippen molar-refractivity contribution in [2.24, 2.45) is 0 Å². The van der Waals surface area contributed by atoms with E-state index in [0.717, 1.165) is 5.25 Å². The Kier molecular flexibility index (Phi) is 5.49. The van der Waals surface area contributed by atoms with Crippen molar-refractivity contribution in [3.8, 4) is 0 Å². The van der Waals surface area contributed by atoms with Gasteiger partial charge >= 0.3 is 0 Å². The lowest BCUT2D eigenvalue weighted by molar-refractivity contribution is 1.12. The molecule has 0 heterocycles. The molecule has 1 aromatic rings. The van der Waals surface area contributed by atoms with Crippen LogP contribution in [-0.4, -0.2) is 16.8 Å². The fraction of sp³-hybridized carbons (Fsp3) is 0.500. The van der Waals surface area contributed by atoms with Gasteiger partial charge in [0.05, 0.1) is 0 Å². The zero-order chi connectivity index (χ0) is 10.4. The van der Waals surface area contributed by atoms with Gasteiger partial charge in [0.25, 0.3) is 0 Å². The summed E-state index contributed by atoms with van der Waals surface area (Å²) < 4.78 is 0. The number of aryl methyl sites for hydroxylation is 1. The predicted octanol–water partition coefficient (Wildman–Crippen LogP) is 4.23. The van der Waals surface area contributed by atoms with Crippen molar-refractivity contribution in [1.82, 2.24) is 0 Å². The largest absolute Gasteiger partial charge is 0.158 e. The second-order valence-corrected chi connectivity index (χ2v) is 6.20. The molecule has 0 aliphatic carbocycles. The van der Waals surface area contributed by atoms with Crippen LogP contribution in [0.15, 0.2) is 29.2 Å². The van der Waals surface area contributed by atoms with E-state index >= 15 is 0 Å². The van der Waals surface area contributed by atoms with Crippen LogP contribution in [0.4, 0.5) is 0 Å². The molecular formula is C12H18S2. The monoisotopic (exact) mass is 226 g/mol. The molecule has 1 unspecified atom stereocenters. The van der Waals surface area contributed by atoms with Gasteiger partial charge in [0.1, 0.15) is 0 Å². The lowest BCUT2D eigenvalue weighted by Gasteiger charge is -2.08. The molecule has 0 aromatic heterocycles. The molecule has 0 aliphatic rings. The molecule has 0 radical (unpaired) electrons. The van der Waals surface area contributed by atoms with Gasteiger partial charge in [-0.3, -0.25) is 0 Å². The van der Waals surface area contributed by atoms with Crippen LogP contribution in [0, 0.1) is 6.92 Å². The quantitative estimate of drug-likeness (QED) is 0.689. The van der Waals surface area contributed by atoms with Crippen molar-refractivity contribution in [2.45, 2.75) is 30.9 Å². The maximum absolute atomic E-state index is 2.30. The van der Waals surface area contributed by atoms with Gasteiger partial charge in [-0.05, 0) is 24.8 Å². The molecule has 0 N–H and O–H groups in total. The average molecular weight is 226 g/mol. The van der Waals surface area contributed by atoms with E-state index < -0.39 is 0 Å². The van der Waals surface area contributed by atoms with Crippen LogP contribution in [0.2, 0.25) is 0 Å². The summed E-state index contributed by atoms with van der Waals surface area (Å²) in [5.41, 5.74) is 1.34. The SMILES string of the molecule is CCSC(C)CSc1ccc(C)cc1. The molecule has 78 valence electrons. The van der Waals surface area contributed by atoms with Crippen molar-refractivity contribution in [3.63, 3.8) is 0 Å². The first-order chi connectivity index (χ1) is 6.72. The van der Waals surface area contributed by atoms with E-state index in [1.165, 1.54) is 22.0 Å². The molecular weight excluding hydrogens is 208 g/mol. The first-order valence-corrected chi connectivity index (χ1v) is 7.07. The van der Waals surface area contributed by atoms with E-state index in [0.29, 0.717) is 0 Å². The average Bonchev–Trinajstić information content (AvgIpc) is 2.17. The highest BCUT2D eigenvalue weighted by molar-refractivity contribution is 8.03. The van der Waals surface area contributed by atoms with Crippen molar-refractivity contribution < 1.29 is 0 Å². The van der Waals surface area contributed by atoms with Gasteiger partial charge in [-0.15, -0.1) is 11.8 Å². The maximum atomic E-state index is 2.30. The van der Waals surface area contributed by atoms with E-state index in [-0.39, 0.29) is 0 Å². The normalized spacial score (nSPS) is 12.8.